The first-order valence-electron chi connectivity index (χ1n) is 6.25. The number of hydrogen-bond donors (Lipinski definition) is 0. The van der Waals surface area contributed by atoms with Crippen molar-refractivity contribution in [3.05, 3.63) is 24.2 Å². The van der Waals surface area contributed by atoms with Crippen LogP contribution in [0.4, 0.5) is 0 Å². The van der Waals surface area contributed by atoms with Crippen molar-refractivity contribution in [1.82, 2.24) is 4.90 Å². The smallest absolute Gasteiger partial charge is 0.328 e. The average molecular weight is 251 g/mol. The van der Waals surface area contributed by atoms with Gasteiger partial charge in [0, 0.05) is 6.54 Å². The van der Waals surface area contributed by atoms with Crippen LogP contribution in [0, 0.1) is 0 Å². The van der Waals surface area contributed by atoms with Gasteiger partial charge < -0.3 is 14.1 Å². The quantitative estimate of drug-likeness (QED) is 0.766. The molecule has 0 N–H and O–H groups in total. The first-order chi connectivity index (χ1) is 8.74. The van der Waals surface area contributed by atoms with Gasteiger partial charge in [-0.3, -0.25) is 4.79 Å². The van der Waals surface area contributed by atoms with Gasteiger partial charge in [-0.25, -0.2) is 4.79 Å². The standard InChI is InChI=1S/C13H17NO4/c1-2-8-18-13(16)10-5-3-7-14(10)12(15)11-6-4-9-17-11/h4,6,9-10H,2-3,5,7-8H2,1H3. The molecule has 18 heavy (non-hydrogen) atoms. The van der Waals surface area contributed by atoms with Gasteiger partial charge in [0.25, 0.3) is 5.91 Å². The van der Waals surface area contributed by atoms with E-state index in [2.05, 4.69) is 0 Å². The summed E-state index contributed by atoms with van der Waals surface area (Å²) in [6.07, 6.45) is 3.71. The third-order valence-electron chi connectivity index (χ3n) is 2.97. The molecule has 5 heteroatoms. The van der Waals surface area contributed by atoms with E-state index in [0.29, 0.717) is 19.6 Å². The summed E-state index contributed by atoms with van der Waals surface area (Å²) in [7, 11) is 0. The summed E-state index contributed by atoms with van der Waals surface area (Å²) in [4.78, 5) is 25.5. The molecule has 1 aliphatic rings. The second kappa shape index (κ2) is 5.71. The molecular weight excluding hydrogens is 234 g/mol. The summed E-state index contributed by atoms with van der Waals surface area (Å²) in [5, 5.41) is 0. The van der Waals surface area contributed by atoms with Crippen LogP contribution in [0.3, 0.4) is 0 Å². The van der Waals surface area contributed by atoms with Gasteiger partial charge in [0.05, 0.1) is 12.9 Å². The normalized spacial score (nSPS) is 18.9. The molecule has 1 aliphatic heterocycles. The molecule has 0 bridgehead atoms. The molecule has 1 aromatic rings. The third-order valence-corrected chi connectivity index (χ3v) is 2.97. The number of furan rings is 1. The number of hydrogen-bond acceptors (Lipinski definition) is 4. The number of esters is 1. The Bertz CT molecular complexity index is 413. The van der Waals surface area contributed by atoms with Crippen LogP contribution in [-0.4, -0.2) is 36.0 Å². The fraction of sp³-hybridized carbons (Fsp3) is 0.538. The maximum atomic E-state index is 12.1. The molecule has 1 aromatic heterocycles. The third kappa shape index (κ3) is 2.55. The Hall–Kier alpha value is -1.78. The number of carbonyl (C=O) groups excluding carboxylic acids is 2. The van der Waals surface area contributed by atoms with Crippen LogP contribution in [0.5, 0.6) is 0 Å². The lowest BCUT2D eigenvalue weighted by Gasteiger charge is -2.22. The predicted molar refractivity (Wildman–Crippen MR) is 64.0 cm³/mol. The summed E-state index contributed by atoms with van der Waals surface area (Å²) in [6, 6.07) is 2.80. The topological polar surface area (TPSA) is 59.8 Å². The minimum Gasteiger partial charge on any atom is -0.464 e. The van der Waals surface area contributed by atoms with Crippen LogP contribution in [0.25, 0.3) is 0 Å². The zero-order chi connectivity index (χ0) is 13.0. The van der Waals surface area contributed by atoms with Crippen molar-refractivity contribution < 1.29 is 18.7 Å². The van der Waals surface area contributed by atoms with Gasteiger partial charge in [-0.2, -0.15) is 0 Å². The second-order valence-electron chi connectivity index (χ2n) is 4.30. The SMILES string of the molecule is CCCOC(=O)C1CCCN1C(=O)c1ccco1. The molecule has 0 spiro atoms. The maximum Gasteiger partial charge on any atom is 0.328 e. The highest BCUT2D eigenvalue weighted by Gasteiger charge is 2.36. The van der Waals surface area contributed by atoms with E-state index in [9.17, 15) is 9.59 Å². The number of amides is 1. The van der Waals surface area contributed by atoms with Gasteiger partial charge in [0.2, 0.25) is 0 Å². The molecule has 1 amide bonds. The van der Waals surface area contributed by atoms with Crippen LogP contribution in [0.15, 0.2) is 22.8 Å². The number of likely N-dealkylation sites (tertiary alicyclic amines) is 1. The van der Waals surface area contributed by atoms with Crippen molar-refractivity contribution in [2.24, 2.45) is 0 Å². The predicted octanol–water partition coefficient (Wildman–Crippen LogP) is 1.84. The fourth-order valence-electron chi connectivity index (χ4n) is 2.10. The van der Waals surface area contributed by atoms with Crippen LogP contribution in [0.2, 0.25) is 0 Å². The van der Waals surface area contributed by atoms with Crippen molar-refractivity contribution in [2.75, 3.05) is 13.2 Å². The Kier molecular flexibility index (Phi) is 4.02. The van der Waals surface area contributed by atoms with Gasteiger partial charge in [-0.05, 0) is 31.4 Å². The summed E-state index contributed by atoms with van der Waals surface area (Å²) >= 11 is 0. The lowest BCUT2D eigenvalue weighted by molar-refractivity contribution is -0.148. The summed E-state index contributed by atoms with van der Waals surface area (Å²) in [5.41, 5.74) is 0. The lowest BCUT2D eigenvalue weighted by Crippen LogP contribution is -2.41. The fourth-order valence-corrected chi connectivity index (χ4v) is 2.10. The molecule has 1 fully saturated rings. The summed E-state index contributed by atoms with van der Waals surface area (Å²) in [6.45, 7) is 2.91. The number of carbonyl (C=O) groups is 2. The number of nitrogens with zero attached hydrogens (tertiary/aromatic N) is 1. The number of ether oxygens (including phenoxy) is 1. The molecule has 1 saturated heterocycles. The van der Waals surface area contributed by atoms with E-state index in [1.165, 1.54) is 11.2 Å². The largest absolute Gasteiger partial charge is 0.464 e. The second-order valence-corrected chi connectivity index (χ2v) is 4.30. The van der Waals surface area contributed by atoms with E-state index < -0.39 is 6.04 Å². The Balaban J connectivity index is 2.03. The van der Waals surface area contributed by atoms with E-state index in [0.717, 1.165) is 12.8 Å². The lowest BCUT2D eigenvalue weighted by atomic mass is 10.2. The Morgan fingerprint density at radius 2 is 2.39 bits per heavy atom. The monoisotopic (exact) mass is 251 g/mol. The molecule has 0 radical (unpaired) electrons. The van der Waals surface area contributed by atoms with Crippen LogP contribution in [-0.2, 0) is 9.53 Å². The zero-order valence-electron chi connectivity index (χ0n) is 10.4. The van der Waals surface area contributed by atoms with Crippen LogP contribution >= 0.6 is 0 Å². The molecule has 5 nitrogen and oxygen atoms in total. The Labute approximate surface area is 106 Å². The van der Waals surface area contributed by atoms with Crippen LogP contribution in [0.1, 0.15) is 36.7 Å². The molecule has 2 rings (SSSR count). The van der Waals surface area contributed by atoms with Gasteiger partial charge in [-0.1, -0.05) is 6.92 Å². The first-order valence-corrected chi connectivity index (χ1v) is 6.25. The van der Waals surface area contributed by atoms with Crippen LogP contribution < -0.4 is 0 Å². The minimum absolute atomic E-state index is 0.240. The molecule has 1 atom stereocenters. The molecule has 1 unspecified atom stereocenters. The van der Waals surface area contributed by atoms with E-state index >= 15 is 0 Å². The van der Waals surface area contributed by atoms with Crippen molar-refractivity contribution in [3.63, 3.8) is 0 Å². The van der Waals surface area contributed by atoms with E-state index in [-0.39, 0.29) is 17.6 Å². The molecule has 98 valence electrons. The van der Waals surface area contributed by atoms with E-state index in [1.54, 1.807) is 12.1 Å². The molecule has 0 aliphatic carbocycles. The van der Waals surface area contributed by atoms with Crippen molar-refractivity contribution in [2.45, 2.75) is 32.2 Å². The highest BCUT2D eigenvalue weighted by molar-refractivity contribution is 5.94. The highest BCUT2D eigenvalue weighted by Crippen LogP contribution is 2.21. The van der Waals surface area contributed by atoms with Gasteiger partial charge in [0.15, 0.2) is 5.76 Å². The van der Waals surface area contributed by atoms with Crippen molar-refractivity contribution in [1.29, 1.82) is 0 Å². The maximum absolute atomic E-state index is 12.1. The van der Waals surface area contributed by atoms with Gasteiger partial charge >= 0.3 is 5.97 Å². The molecular formula is C13H17NO4. The minimum atomic E-state index is -0.464. The van der Waals surface area contributed by atoms with Gasteiger partial charge in [0.1, 0.15) is 6.04 Å². The highest BCUT2D eigenvalue weighted by atomic mass is 16.5. The Morgan fingerprint density at radius 1 is 1.56 bits per heavy atom. The Morgan fingerprint density at radius 3 is 3.06 bits per heavy atom. The number of rotatable bonds is 4. The van der Waals surface area contributed by atoms with Crippen molar-refractivity contribution in [3.8, 4) is 0 Å². The molecule has 0 saturated carbocycles. The molecule has 2 heterocycles. The summed E-state index contributed by atoms with van der Waals surface area (Å²) in [5.74, 6) is -0.282. The average Bonchev–Trinajstić information content (AvgIpc) is 3.04. The summed E-state index contributed by atoms with van der Waals surface area (Å²) < 4.78 is 10.2. The zero-order valence-corrected chi connectivity index (χ0v) is 10.4. The van der Waals surface area contributed by atoms with Gasteiger partial charge in [-0.15, -0.1) is 0 Å². The van der Waals surface area contributed by atoms with Crippen molar-refractivity contribution >= 4 is 11.9 Å². The first kappa shape index (κ1) is 12.7. The molecule has 0 aromatic carbocycles. The van der Waals surface area contributed by atoms with E-state index in [1.807, 2.05) is 6.92 Å². The van der Waals surface area contributed by atoms with E-state index in [4.69, 9.17) is 9.15 Å².